The van der Waals surface area contributed by atoms with Gasteiger partial charge in [-0.05, 0) is 34.1 Å². The molecule has 1 saturated heterocycles. The molecule has 4 heterocycles. The maximum absolute atomic E-state index is 11.7. The van der Waals surface area contributed by atoms with Gasteiger partial charge in [-0.2, -0.15) is 0 Å². The van der Waals surface area contributed by atoms with Gasteiger partial charge in [0.2, 0.25) is 5.91 Å². The van der Waals surface area contributed by atoms with Gasteiger partial charge in [0.15, 0.2) is 0 Å². The molecule has 0 saturated carbocycles. The molecule has 1 aliphatic rings. The Labute approximate surface area is 203 Å². The van der Waals surface area contributed by atoms with Crippen LogP contribution in [0.4, 0.5) is 11.6 Å². The van der Waals surface area contributed by atoms with Gasteiger partial charge in [-0.3, -0.25) is 4.79 Å². The lowest BCUT2D eigenvalue weighted by atomic mass is 10.3. The molecule has 2 N–H and O–H groups in total. The van der Waals surface area contributed by atoms with E-state index >= 15 is 0 Å². The fourth-order valence-electron chi connectivity index (χ4n) is 3.60. The van der Waals surface area contributed by atoms with Crippen LogP contribution in [0.25, 0.3) is 11.0 Å². The summed E-state index contributed by atoms with van der Waals surface area (Å²) in [5.41, 5.74) is 1.68. The molecule has 3 aromatic rings. The first-order valence-corrected chi connectivity index (χ1v) is 15.6. The topological polar surface area (TPSA) is 97.2 Å². The molecule has 0 unspecified atom stereocenters. The molecule has 0 aliphatic carbocycles. The third kappa shape index (κ3) is 6.09. The first kappa shape index (κ1) is 23.6. The third-order valence-electron chi connectivity index (χ3n) is 5.43. The number of hydrogen-bond donors (Lipinski definition) is 2. The highest BCUT2D eigenvalue weighted by Gasteiger charge is 2.18. The number of piperazine rings is 1. The predicted octanol–water partition coefficient (Wildman–Crippen LogP) is 3.45. The minimum absolute atomic E-state index is 0.0220. The molecule has 0 atom stereocenters. The van der Waals surface area contributed by atoms with E-state index in [2.05, 4.69) is 56.2 Å². The quantitative estimate of drug-likeness (QED) is 0.322. The van der Waals surface area contributed by atoms with E-state index in [1.807, 2.05) is 33.9 Å². The highest BCUT2D eigenvalue weighted by molar-refractivity contribution is 9.10. The second-order valence-corrected chi connectivity index (χ2v) is 15.8. The van der Waals surface area contributed by atoms with Crippen molar-refractivity contribution < 1.29 is 9.53 Å². The van der Waals surface area contributed by atoms with E-state index in [1.54, 1.807) is 6.33 Å². The van der Waals surface area contributed by atoms with Crippen LogP contribution in [0.5, 0.6) is 0 Å². The molecule has 0 bridgehead atoms. The molecule has 0 aromatic carbocycles. The van der Waals surface area contributed by atoms with E-state index in [4.69, 9.17) is 9.72 Å². The van der Waals surface area contributed by atoms with E-state index in [1.165, 1.54) is 0 Å². The molecule has 1 amide bonds. The molecule has 3 aromatic heterocycles. The molecule has 33 heavy (non-hydrogen) atoms. The maximum atomic E-state index is 11.7. The molecule has 1 aliphatic heterocycles. The smallest absolute Gasteiger partial charge is 0.239 e. The summed E-state index contributed by atoms with van der Waals surface area (Å²) in [6.07, 6.45) is 3.55. The average molecular weight is 533 g/mol. The van der Waals surface area contributed by atoms with Crippen molar-refractivity contribution in [2.75, 3.05) is 36.5 Å². The Morgan fingerprint density at radius 3 is 2.91 bits per heavy atom. The number of halogens is 1. The Morgan fingerprint density at radius 1 is 1.27 bits per heavy atom. The van der Waals surface area contributed by atoms with Gasteiger partial charge in [0.1, 0.15) is 30.3 Å². The van der Waals surface area contributed by atoms with Crippen LogP contribution in [0.1, 0.15) is 5.69 Å². The number of nitrogens with zero attached hydrogens (tertiary/aromatic N) is 5. The number of carbonyl (C=O) groups excluding carboxylic acids is 1. The van der Waals surface area contributed by atoms with Gasteiger partial charge < -0.3 is 24.8 Å². The molecule has 176 valence electrons. The van der Waals surface area contributed by atoms with Gasteiger partial charge in [0.25, 0.3) is 0 Å². The summed E-state index contributed by atoms with van der Waals surface area (Å²) in [5, 5.41) is 7.15. The third-order valence-corrected chi connectivity index (χ3v) is 7.73. The number of rotatable bonds is 9. The molecule has 0 spiro atoms. The van der Waals surface area contributed by atoms with Crippen molar-refractivity contribution in [3.63, 3.8) is 0 Å². The molecular formula is C22H30BrN7O2Si. The Bertz CT molecular complexity index is 1130. The van der Waals surface area contributed by atoms with Gasteiger partial charge >= 0.3 is 0 Å². The van der Waals surface area contributed by atoms with Crippen LogP contribution in [0, 0.1) is 0 Å². The second kappa shape index (κ2) is 10.2. The zero-order valence-corrected chi connectivity index (χ0v) is 21.9. The van der Waals surface area contributed by atoms with E-state index in [9.17, 15) is 4.79 Å². The first-order chi connectivity index (χ1) is 15.8. The van der Waals surface area contributed by atoms with Crippen molar-refractivity contribution in [1.29, 1.82) is 0 Å². The largest absolute Gasteiger partial charge is 0.364 e. The van der Waals surface area contributed by atoms with Crippen LogP contribution in [-0.4, -0.2) is 59.7 Å². The van der Waals surface area contributed by atoms with Crippen molar-refractivity contribution in [3.05, 3.63) is 40.9 Å². The minimum atomic E-state index is -1.12. The number of anilines is 2. The van der Waals surface area contributed by atoms with Crippen LogP contribution in [-0.2, 0) is 22.8 Å². The Hall–Kier alpha value is -2.50. The second-order valence-electron chi connectivity index (χ2n) is 9.33. The predicted molar refractivity (Wildman–Crippen MR) is 136 cm³/mol. The van der Waals surface area contributed by atoms with E-state index in [-0.39, 0.29) is 5.91 Å². The lowest BCUT2D eigenvalue weighted by Crippen LogP contribution is -2.48. The SMILES string of the molecule is C[Si](C)(C)CCOCn1cc(Br)c2c(NCc3cccc(N4CCNC(=O)C4)n3)ncnc21. The zero-order valence-electron chi connectivity index (χ0n) is 19.3. The zero-order chi connectivity index (χ0) is 23.4. The van der Waals surface area contributed by atoms with Crippen LogP contribution in [0.3, 0.4) is 0 Å². The maximum Gasteiger partial charge on any atom is 0.239 e. The summed E-state index contributed by atoms with van der Waals surface area (Å²) in [6, 6.07) is 6.99. The van der Waals surface area contributed by atoms with E-state index < -0.39 is 8.07 Å². The van der Waals surface area contributed by atoms with Crippen molar-refractivity contribution in [2.24, 2.45) is 0 Å². The van der Waals surface area contributed by atoms with Crippen LogP contribution >= 0.6 is 15.9 Å². The highest BCUT2D eigenvalue weighted by Crippen LogP contribution is 2.30. The van der Waals surface area contributed by atoms with Crippen molar-refractivity contribution in [1.82, 2.24) is 24.8 Å². The number of amides is 1. The first-order valence-electron chi connectivity index (χ1n) is 11.1. The fraction of sp³-hybridized carbons (Fsp3) is 0.455. The number of carbonyl (C=O) groups is 1. The standard InChI is InChI=1S/C22H30BrN7O2Si/c1-33(2,3)10-9-32-15-30-12-17(23)20-21(26-14-27-22(20)30)25-11-16-5-4-6-18(28-16)29-8-7-24-19(31)13-29/h4-6,12,14H,7-11,13,15H2,1-3H3,(H,24,31)(H,25,26,27). The van der Waals surface area contributed by atoms with Gasteiger partial charge in [0.05, 0.1) is 24.2 Å². The highest BCUT2D eigenvalue weighted by atomic mass is 79.9. The Balaban J connectivity index is 1.44. The lowest BCUT2D eigenvalue weighted by molar-refractivity contribution is -0.120. The van der Waals surface area contributed by atoms with Gasteiger partial charge in [-0.15, -0.1) is 0 Å². The van der Waals surface area contributed by atoms with Gasteiger partial charge in [-0.25, -0.2) is 15.0 Å². The summed E-state index contributed by atoms with van der Waals surface area (Å²) in [6.45, 7) is 10.5. The summed E-state index contributed by atoms with van der Waals surface area (Å²) in [5.74, 6) is 1.56. The molecule has 4 rings (SSSR count). The minimum Gasteiger partial charge on any atom is -0.364 e. The summed E-state index contributed by atoms with van der Waals surface area (Å²) >= 11 is 3.66. The Morgan fingerprint density at radius 2 is 2.12 bits per heavy atom. The fourth-order valence-corrected chi connectivity index (χ4v) is 4.97. The monoisotopic (exact) mass is 531 g/mol. The molecule has 0 radical (unpaired) electrons. The number of aromatic nitrogens is 4. The summed E-state index contributed by atoms with van der Waals surface area (Å²) in [4.78, 5) is 27.4. The number of nitrogens with one attached hydrogen (secondary N) is 2. The molecule has 1 fully saturated rings. The van der Waals surface area contributed by atoms with Crippen LogP contribution in [0.15, 0.2) is 35.2 Å². The molecular weight excluding hydrogens is 502 g/mol. The van der Waals surface area contributed by atoms with Crippen molar-refractivity contribution in [2.45, 2.75) is 39.0 Å². The lowest BCUT2D eigenvalue weighted by Gasteiger charge is -2.27. The summed E-state index contributed by atoms with van der Waals surface area (Å²) < 4.78 is 8.83. The number of pyridine rings is 1. The van der Waals surface area contributed by atoms with Gasteiger partial charge in [0, 0.05) is 38.4 Å². The van der Waals surface area contributed by atoms with Crippen LogP contribution < -0.4 is 15.5 Å². The van der Waals surface area contributed by atoms with Crippen molar-refractivity contribution >= 4 is 52.6 Å². The Kier molecular flexibility index (Phi) is 7.30. The van der Waals surface area contributed by atoms with E-state index in [0.717, 1.165) is 52.0 Å². The summed E-state index contributed by atoms with van der Waals surface area (Å²) in [7, 11) is -1.12. The number of fused-ring (bicyclic) bond motifs is 1. The molecule has 11 heteroatoms. The van der Waals surface area contributed by atoms with Crippen LogP contribution in [0.2, 0.25) is 25.7 Å². The number of hydrogen-bond acceptors (Lipinski definition) is 7. The molecule has 9 nitrogen and oxygen atoms in total. The van der Waals surface area contributed by atoms with Gasteiger partial charge in [-0.1, -0.05) is 25.7 Å². The van der Waals surface area contributed by atoms with Crippen molar-refractivity contribution in [3.8, 4) is 0 Å². The average Bonchev–Trinajstić information content (AvgIpc) is 3.11. The number of ether oxygens (including phenoxy) is 1. The van der Waals surface area contributed by atoms with E-state index in [0.29, 0.717) is 26.4 Å². The normalized spacial score (nSPS) is 14.5.